The van der Waals surface area contributed by atoms with Crippen LogP contribution in [0.5, 0.6) is 0 Å². The molecule has 3 aromatic carbocycles. The summed E-state index contributed by atoms with van der Waals surface area (Å²) in [4.78, 5) is 37.8. The number of aliphatic hydroxyl groups excluding tert-OH is 2. The lowest BCUT2D eigenvalue weighted by molar-refractivity contribution is -0.137. The number of fused-ring (bicyclic) bond motifs is 3. The van der Waals surface area contributed by atoms with E-state index in [1.54, 1.807) is 18.3 Å². The van der Waals surface area contributed by atoms with Gasteiger partial charge in [0.05, 0.1) is 24.3 Å². The lowest BCUT2D eigenvalue weighted by Gasteiger charge is -2.56. The summed E-state index contributed by atoms with van der Waals surface area (Å²) >= 11 is 13.3. The molecule has 1 aromatic heterocycles. The third-order valence-corrected chi connectivity index (χ3v) is 13.5. The highest BCUT2D eigenvalue weighted by Crippen LogP contribution is 2.69. The van der Waals surface area contributed by atoms with Crippen molar-refractivity contribution in [3.05, 3.63) is 130 Å². The van der Waals surface area contributed by atoms with Crippen LogP contribution in [0.3, 0.4) is 0 Å². The zero-order valence-electron chi connectivity index (χ0n) is 30.7. The van der Waals surface area contributed by atoms with Gasteiger partial charge in [-0.05, 0) is 103 Å². The monoisotopic (exact) mass is 766 g/mol. The summed E-state index contributed by atoms with van der Waals surface area (Å²) in [7, 11) is 0. The van der Waals surface area contributed by atoms with Crippen molar-refractivity contribution < 1.29 is 19.8 Å². The lowest BCUT2D eigenvalue weighted by atomic mass is 9.53. The Morgan fingerprint density at radius 1 is 0.889 bits per heavy atom. The highest BCUT2D eigenvalue weighted by molar-refractivity contribution is 6.31. The number of nitrogens with zero attached hydrogens (tertiary/aromatic N) is 2. The maximum Gasteiger partial charge on any atom is 0.238 e. The Kier molecular flexibility index (Phi) is 9.89. The average Bonchev–Trinajstić information content (AvgIpc) is 3.59. The summed E-state index contributed by atoms with van der Waals surface area (Å²) in [5.41, 5.74) is 1.41. The highest BCUT2D eigenvalue weighted by atomic mass is 35.5. The van der Waals surface area contributed by atoms with Crippen molar-refractivity contribution in [2.45, 2.75) is 112 Å². The topological polar surface area (TPSA) is 115 Å². The molecule has 2 aliphatic carbocycles. The lowest BCUT2D eigenvalue weighted by Crippen LogP contribution is -2.64. The van der Waals surface area contributed by atoms with E-state index in [4.69, 9.17) is 23.2 Å². The molecule has 5 atom stereocenters. The van der Waals surface area contributed by atoms with Gasteiger partial charge >= 0.3 is 0 Å². The van der Waals surface area contributed by atoms with E-state index in [2.05, 4.69) is 34.4 Å². The zero-order valence-corrected chi connectivity index (χ0v) is 32.2. The normalized spacial score (nSPS) is 28.4. The predicted octanol–water partition coefficient (Wildman–Crippen LogP) is 8.28. The van der Waals surface area contributed by atoms with E-state index in [-0.39, 0.29) is 34.5 Å². The van der Waals surface area contributed by atoms with E-state index >= 15 is 9.59 Å². The molecule has 10 heteroatoms. The van der Waals surface area contributed by atoms with Gasteiger partial charge in [-0.3, -0.25) is 14.5 Å². The number of pyridine rings is 1. The Labute approximate surface area is 327 Å². The maximum atomic E-state index is 15.6. The Hall–Kier alpha value is -3.79. The Bertz CT molecular complexity index is 2010. The van der Waals surface area contributed by atoms with E-state index in [0.29, 0.717) is 54.8 Å². The van der Waals surface area contributed by atoms with E-state index in [1.165, 1.54) is 0 Å². The number of carbonyl (C=O) groups excluding carboxylic acids is 2. The fraction of sp³-hybridized carbons (Fsp3) is 0.432. The van der Waals surface area contributed by atoms with Crippen LogP contribution in [0.2, 0.25) is 10.2 Å². The molecule has 54 heavy (non-hydrogen) atoms. The molecule has 282 valence electrons. The molecule has 8 nitrogen and oxygen atoms in total. The molecule has 3 heterocycles. The molecular weight excluding hydrogens is 719 g/mol. The number of hydrogen-bond acceptors (Lipinski definition) is 6. The van der Waals surface area contributed by atoms with Crippen LogP contribution in [-0.4, -0.2) is 55.6 Å². The van der Waals surface area contributed by atoms with E-state index in [0.717, 1.165) is 29.5 Å². The Morgan fingerprint density at radius 2 is 1.54 bits per heavy atom. The first-order valence-electron chi connectivity index (χ1n) is 19.2. The number of rotatable bonds is 7. The van der Waals surface area contributed by atoms with Gasteiger partial charge in [-0.25, -0.2) is 4.98 Å². The van der Waals surface area contributed by atoms with Crippen molar-refractivity contribution in [2.75, 3.05) is 5.32 Å². The molecule has 4 aromatic rings. The molecule has 0 bridgehead atoms. The number of halogens is 2. The van der Waals surface area contributed by atoms with Crippen molar-refractivity contribution in [1.29, 1.82) is 0 Å². The summed E-state index contributed by atoms with van der Waals surface area (Å²) in [6, 6.07) is 26.9. The zero-order chi connectivity index (χ0) is 37.8. The molecule has 1 unspecified atom stereocenters. The highest BCUT2D eigenvalue weighted by Gasteiger charge is 2.77. The standard InChI is InChI=1S/C44H48Cl2N4O4/c1-42(2)20-22-43(23-21-42)44(33-18-13-30(45)26-34(33)49-41(44)54)36(29-19-24-47-35(46)25-29)38(40(53)48-31-14-16-32(51)17-15-31)50(43)37(27-9-5-3-6-10-27)39(52)28-11-7-4-8-12-28/h3-13,18-19,24-26,31-32,36-39,51-52H,14-17,20-23H2,1-2H3,(H,48,53)(H,49,54)/t31?,32?,36-,37+,38+,39-,44?/m0/s1. The Balaban J connectivity index is 1.45. The van der Waals surface area contributed by atoms with Crippen LogP contribution in [0.25, 0.3) is 0 Å². The van der Waals surface area contributed by atoms with Gasteiger partial charge in [-0.2, -0.15) is 0 Å². The number of aliphatic hydroxyl groups is 2. The summed E-state index contributed by atoms with van der Waals surface area (Å²) in [5.74, 6) is -1.16. The number of anilines is 1. The van der Waals surface area contributed by atoms with E-state index in [1.807, 2.05) is 78.9 Å². The second-order valence-electron chi connectivity index (χ2n) is 16.6. The SMILES string of the molecule is CC1(C)CCC2(CC1)N([C@H](c1ccccc1)[C@@H](O)c1ccccc1)[C@@H](C(=O)NC1CCC(O)CC1)[C@H](c1ccnc(Cl)c1)C21C(=O)Nc2cc(Cl)ccc21. The third-order valence-electron chi connectivity index (χ3n) is 13.1. The minimum Gasteiger partial charge on any atom is -0.393 e. The fourth-order valence-corrected chi connectivity index (χ4v) is 10.8. The van der Waals surface area contributed by atoms with Crippen LogP contribution in [0.1, 0.15) is 106 Å². The molecule has 2 spiro atoms. The fourth-order valence-electron chi connectivity index (χ4n) is 10.5. The van der Waals surface area contributed by atoms with Crippen molar-refractivity contribution in [1.82, 2.24) is 15.2 Å². The second kappa shape index (κ2) is 14.4. The molecule has 3 fully saturated rings. The molecule has 4 N–H and O–H groups in total. The number of likely N-dealkylation sites (tertiary alicyclic amines) is 1. The van der Waals surface area contributed by atoms with Crippen LogP contribution < -0.4 is 10.6 Å². The number of nitrogens with one attached hydrogen (secondary N) is 2. The molecular formula is C44H48Cl2N4O4. The molecule has 2 aliphatic heterocycles. The van der Waals surface area contributed by atoms with E-state index in [9.17, 15) is 10.2 Å². The molecule has 8 rings (SSSR count). The van der Waals surface area contributed by atoms with Crippen LogP contribution in [0.15, 0.2) is 97.2 Å². The minimum absolute atomic E-state index is 0.0188. The van der Waals surface area contributed by atoms with E-state index < -0.39 is 35.1 Å². The summed E-state index contributed by atoms with van der Waals surface area (Å²) in [5, 5.41) is 30.7. The first kappa shape index (κ1) is 37.1. The van der Waals surface area contributed by atoms with Crippen LogP contribution in [-0.2, 0) is 15.0 Å². The van der Waals surface area contributed by atoms with Crippen LogP contribution in [0.4, 0.5) is 5.69 Å². The van der Waals surface area contributed by atoms with Crippen LogP contribution >= 0.6 is 23.2 Å². The van der Waals surface area contributed by atoms with Gasteiger partial charge in [0.25, 0.3) is 0 Å². The summed E-state index contributed by atoms with van der Waals surface area (Å²) in [6.07, 6.45) is 5.45. The molecule has 0 radical (unpaired) electrons. The van der Waals surface area contributed by atoms with Crippen molar-refractivity contribution in [2.24, 2.45) is 5.41 Å². The van der Waals surface area contributed by atoms with Gasteiger partial charge in [0.2, 0.25) is 11.8 Å². The third kappa shape index (κ3) is 6.15. The van der Waals surface area contributed by atoms with Crippen molar-refractivity contribution in [3.63, 3.8) is 0 Å². The number of carbonyl (C=O) groups is 2. The first-order chi connectivity index (χ1) is 25.9. The van der Waals surface area contributed by atoms with Gasteiger partial charge in [0, 0.05) is 34.4 Å². The quantitative estimate of drug-likeness (QED) is 0.141. The number of amides is 2. The van der Waals surface area contributed by atoms with Gasteiger partial charge in [0.1, 0.15) is 10.6 Å². The van der Waals surface area contributed by atoms with Gasteiger partial charge in [0.15, 0.2) is 0 Å². The Morgan fingerprint density at radius 3 is 2.19 bits per heavy atom. The van der Waals surface area contributed by atoms with Gasteiger partial charge in [-0.1, -0.05) is 104 Å². The molecule has 4 aliphatic rings. The van der Waals surface area contributed by atoms with Crippen LogP contribution in [0, 0.1) is 5.41 Å². The second-order valence-corrected chi connectivity index (χ2v) is 17.4. The van der Waals surface area contributed by atoms with Gasteiger partial charge < -0.3 is 20.8 Å². The van der Waals surface area contributed by atoms with Crippen molar-refractivity contribution >= 4 is 40.7 Å². The maximum absolute atomic E-state index is 15.6. The van der Waals surface area contributed by atoms with Gasteiger partial charge in [-0.15, -0.1) is 0 Å². The summed E-state index contributed by atoms with van der Waals surface area (Å²) < 4.78 is 0. The average molecular weight is 768 g/mol. The number of benzene rings is 3. The largest absolute Gasteiger partial charge is 0.393 e. The molecule has 2 saturated carbocycles. The first-order valence-corrected chi connectivity index (χ1v) is 20.0. The summed E-state index contributed by atoms with van der Waals surface area (Å²) in [6.45, 7) is 4.53. The molecule has 2 amide bonds. The number of aromatic nitrogens is 1. The number of hydrogen-bond donors (Lipinski definition) is 4. The molecule has 1 saturated heterocycles. The smallest absolute Gasteiger partial charge is 0.238 e. The van der Waals surface area contributed by atoms with Crippen molar-refractivity contribution in [3.8, 4) is 0 Å². The predicted molar refractivity (Wildman–Crippen MR) is 211 cm³/mol. The minimum atomic E-state index is -1.30.